The Morgan fingerprint density at radius 2 is 1.86 bits per heavy atom. The van der Waals surface area contributed by atoms with Gasteiger partial charge in [0.25, 0.3) is 5.91 Å². The average Bonchev–Trinajstić information content (AvgIpc) is 3.28. The van der Waals surface area contributed by atoms with Gasteiger partial charge < -0.3 is 19.7 Å². The summed E-state index contributed by atoms with van der Waals surface area (Å²) < 4.78 is 48.0. The van der Waals surface area contributed by atoms with Crippen molar-refractivity contribution in [2.75, 3.05) is 0 Å². The first kappa shape index (κ1) is 23.8. The number of carbonyl (C=O) groups excluding carboxylic acids is 1. The Bertz CT molecular complexity index is 1650. The predicted octanol–water partition coefficient (Wildman–Crippen LogP) is 3.89. The summed E-state index contributed by atoms with van der Waals surface area (Å²) in [6.45, 7) is 2.80. The zero-order valence-electron chi connectivity index (χ0n) is 19.5. The number of fused-ring (bicyclic) bond motifs is 9. The van der Waals surface area contributed by atoms with Crippen LogP contribution in [-0.4, -0.2) is 35.2 Å². The number of halogens is 2. The molecule has 0 saturated carbocycles. The van der Waals surface area contributed by atoms with E-state index in [1.54, 1.807) is 12.1 Å². The number of carbonyl (C=O) groups is 1. The number of imidazole rings is 1. The van der Waals surface area contributed by atoms with Gasteiger partial charge in [-0.05, 0) is 38.5 Å². The third-order valence-corrected chi connectivity index (χ3v) is 7.37. The van der Waals surface area contributed by atoms with Crippen LogP contribution in [0.5, 0.6) is 0 Å². The zero-order valence-corrected chi connectivity index (χ0v) is 20.4. The minimum Gasteiger partial charge on any atom is -0.342 e. The minimum atomic E-state index is -4.80. The molecule has 2 bridgehead atoms. The molecule has 3 N–H and O–H groups in total. The van der Waals surface area contributed by atoms with Crippen LogP contribution < -0.4 is 5.32 Å². The number of hydrogen-bond donors (Lipinski definition) is 3. The number of amides is 1. The van der Waals surface area contributed by atoms with Crippen molar-refractivity contribution < 1.29 is 32.5 Å². The molecule has 0 fully saturated rings. The van der Waals surface area contributed by atoms with Gasteiger partial charge in [-0.3, -0.25) is 9.32 Å². The Morgan fingerprint density at radius 3 is 2.57 bits per heavy atom. The van der Waals surface area contributed by atoms with Gasteiger partial charge in [0.15, 0.2) is 5.82 Å². The second-order valence-corrected chi connectivity index (χ2v) is 10.7. The fraction of sp³-hybridized carbons (Fsp3) is 0.250. The van der Waals surface area contributed by atoms with E-state index in [2.05, 4.69) is 20.3 Å². The average molecular weight is 527 g/mol. The summed E-state index contributed by atoms with van der Waals surface area (Å²) in [5.41, 5.74) is 0.408. The molecule has 13 heteroatoms. The lowest BCUT2D eigenvalue weighted by atomic mass is 9.98. The van der Waals surface area contributed by atoms with E-state index in [1.165, 1.54) is 44.4 Å². The summed E-state index contributed by atoms with van der Waals surface area (Å²) in [4.78, 5) is 43.8. The third kappa shape index (κ3) is 3.84. The van der Waals surface area contributed by atoms with Crippen molar-refractivity contribution in [3.05, 3.63) is 77.1 Å². The summed E-state index contributed by atoms with van der Waals surface area (Å²) in [7, 11) is -4.80. The van der Waals surface area contributed by atoms with E-state index in [0.717, 1.165) is 0 Å². The fourth-order valence-electron chi connectivity index (χ4n) is 5.16. The summed E-state index contributed by atoms with van der Waals surface area (Å²) >= 11 is 0. The molecular formula is C24H20F2N5O5P. The fourth-order valence-corrected chi connectivity index (χ4v) is 5.84. The third-order valence-electron chi connectivity index (χ3n) is 6.67. The molecule has 4 aromatic rings. The van der Waals surface area contributed by atoms with Crippen LogP contribution in [-0.2, 0) is 14.7 Å². The summed E-state index contributed by atoms with van der Waals surface area (Å²) in [5.74, 6) is -0.958. The van der Waals surface area contributed by atoms with Crippen molar-refractivity contribution in [1.29, 1.82) is 0 Å². The molecule has 0 unspecified atom stereocenters. The maximum atomic E-state index is 15.2. The maximum absolute atomic E-state index is 15.2. The number of benzene rings is 2. The van der Waals surface area contributed by atoms with Crippen LogP contribution in [0.4, 0.5) is 8.78 Å². The van der Waals surface area contributed by atoms with Gasteiger partial charge in [-0.15, -0.1) is 0 Å². The lowest BCUT2D eigenvalue weighted by Gasteiger charge is -2.23. The molecule has 0 aliphatic carbocycles. The van der Waals surface area contributed by atoms with Crippen LogP contribution in [0.15, 0.2) is 42.7 Å². The van der Waals surface area contributed by atoms with Gasteiger partial charge in [0, 0.05) is 40.7 Å². The van der Waals surface area contributed by atoms with E-state index in [1.807, 2.05) is 4.57 Å². The molecule has 4 heterocycles. The summed E-state index contributed by atoms with van der Waals surface area (Å²) in [6.07, 6.45) is 3.07. The van der Waals surface area contributed by atoms with Crippen LogP contribution >= 0.6 is 7.82 Å². The second-order valence-electron chi connectivity index (χ2n) is 9.53. The van der Waals surface area contributed by atoms with Crippen molar-refractivity contribution in [3.8, 4) is 11.1 Å². The standard InChI is InChI=1S/C24H20F2N5O5P/c1-24(2,36-37(33,34)35)23-27-9-11(10-28-23)13-6-18-16(7-15(13)26)29-21-17-8-19(31(18)21)20-12(22(32)30-17)4-3-5-14(20)25/h3-7,9-10,17,19H,8H2,1-2H3,(H,30,32)(H2,33,34,35)/t17-,19-/m1/s1. The highest BCUT2D eigenvalue weighted by Gasteiger charge is 2.42. The highest BCUT2D eigenvalue weighted by Crippen LogP contribution is 2.46. The maximum Gasteiger partial charge on any atom is 0.470 e. The Kier molecular flexibility index (Phi) is 5.12. The highest BCUT2D eigenvalue weighted by molar-refractivity contribution is 7.46. The number of aromatic nitrogens is 4. The van der Waals surface area contributed by atoms with E-state index in [9.17, 15) is 13.8 Å². The van der Waals surface area contributed by atoms with Crippen molar-refractivity contribution in [3.63, 3.8) is 0 Å². The Hall–Kier alpha value is -3.57. The van der Waals surface area contributed by atoms with Gasteiger partial charge in [0.2, 0.25) is 0 Å². The number of rotatable bonds is 4. The molecule has 2 aliphatic heterocycles. The molecule has 190 valence electrons. The number of phosphoric acid groups is 1. The molecule has 37 heavy (non-hydrogen) atoms. The molecule has 2 atom stereocenters. The molecule has 0 saturated heterocycles. The lowest BCUT2D eigenvalue weighted by molar-refractivity contribution is 0.0556. The largest absolute Gasteiger partial charge is 0.470 e. The van der Waals surface area contributed by atoms with Gasteiger partial charge in [-0.25, -0.2) is 28.3 Å². The molecule has 2 aromatic carbocycles. The van der Waals surface area contributed by atoms with Crippen molar-refractivity contribution >= 4 is 24.8 Å². The monoisotopic (exact) mass is 527 g/mol. The van der Waals surface area contributed by atoms with Gasteiger partial charge in [-0.2, -0.15) is 0 Å². The highest BCUT2D eigenvalue weighted by atomic mass is 31.2. The first-order valence-electron chi connectivity index (χ1n) is 11.3. The molecule has 1 amide bonds. The van der Waals surface area contributed by atoms with E-state index in [-0.39, 0.29) is 28.4 Å². The smallest absolute Gasteiger partial charge is 0.342 e. The second kappa shape index (κ2) is 7.96. The van der Waals surface area contributed by atoms with Gasteiger partial charge >= 0.3 is 7.82 Å². The Balaban J connectivity index is 1.46. The SMILES string of the molecule is CC(C)(OP(=O)(O)O)c1ncc(-c2cc3c(cc2F)nc2n3[C@@H]3C[C@H]2NC(=O)c2cccc(F)c23)cn1. The summed E-state index contributed by atoms with van der Waals surface area (Å²) in [6, 6.07) is 6.25. The van der Waals surface area contributed by atoms with E-state index < -0.39 is 37.1 Å². The molecule has 2 aliphatic rings. The van der Waals surface area contributed by atoms with Crippen molar-refractivity contribution in [2.45, 2.75) is 38.0 Å². The molecule has 0 radical (unpaired) electrons. The number of nitrogens with one attached hydrogen (secondary N) is 1. The van der Waals surface area contributed by atoms with E-state index >= 15 is 4.39 Å². The minimum absolute atomic E-state index is 0.000762. The summed E-state index contributed by atoms with van der Waals surface area (Å²) in [5, 5.41) is 2.90. The quantitative estimate of drug-likeness (QED) is 0.340. The lowest BCUT2D eigenvalue weighted by Crippen LogP contribution is -2.28. The van der Waals surface area contributed by atoms with E-state index in [4.69, 9.17) is 14.3 Å². The molecule has 6 rings (SSSR count). The first-order valence-corrected chi connectivity index (χ1v) is 12.9. The van der Waals surface area contributed by atoms with Crippen molar-refractivity contribution in [2.24, 2.45) is 0 Å². The van der Waals surface area contributed by atoms with Gasteiger partial charge in [0.1, 0.15) is 23.1 Å². The van der Waals surface area contributed by atoms with Gasteiger partial charge in [-0.1, -0.05) is 6.07 Å². The van der Waals surface area contributed by atoms with Crippen LogP contribution in [0.25, 0.3) is 22.2 Å². The topological polar surface area (TPSA) is 139 Å². The molecule has 10 nitrogen and oxygen atoms in total. The molecule has 2 aromatic heterocycles. The van der Waals surface area contributed by atoms with Crippen molar-refractivity contribution in [1.82, 2.24) is 24.8 Å². The van der Waals surface area contributed by atoms with E-state index in [0.29, 0.717) is 28.8 Å². The first-order chi connectivity index (χ1) is 17.4. The zero-order chi connectivity index (χ0) is 26.3. The van der Waals surface area contributed by atoms with Crippen LogP contribution in [0.2, 0.25) is 0 Å². The number of phosphoric ester groups is 1. The molecular weight excluding hydrogens is 507 g/mol. The molecule has 0 spiro atoms. The predicted molar refractivity (Wildman–Crippen MR) is 126 cm³/mol. The van der Waals surface area contributed by atoms with Crippen LogP contribution in [0, 0.1) is 11.6 Å². The Morgan fingerprint density at radius 1 is 1.14 bits per heavy atom. The normalized spacial score (nSPS) is 18.9. The van der Waals surface area contributed by atoms with Gasteiger partial charge in [0.05, 0.1) is 23.1 Å². The van der Waals surface area contributed by atoms with Crippen LogP contribution in [0.1, 0.15) is 59.9 Å². The van der Waals surface area contributed by atoms with Crippen LogP contribution in [0.3, 0.4) is 0 Å². The number of hydrogen-bond acceptors (Lipinski definition) is 6. The number of nitrogens with zero attached hydrogens (tertiary/aromatic N) is 4. The Labute approximate surface area is 208 Å².